The standard InChI is InChI=1S/C27H21N5OS/c1-2-24-30-32-25(28)22(26(33)29-27(32)34-24)14-19-16-31(23-13-6-5-12-21(19)23)15-18-10-7-9-17-8-3-4-11-20(17)18/h3-14,16,28H,2,15H2,1H3. The average molecular weight is 464 g/mol. The van der Waals surface area contributed by atoms with Gasteiger partial charge in [0.15, 0.2) is 5.84 Å². The molecule has 7 heteroatoms. The zero-order chi connectivity index (χ0) is 23.2. The molecular weight excluding hydrogens is 442 g/mol. The molecule has 3 aromatic carbocycles. The van der Waals surface area contributed by atoms with Gasteiger partial charge in [0.1, 0.15) is 5.04 Å². The molecule has 1 aromatic heterocycles. The number of hydrogen-bond donors (Lipinski definition) is 1. The van der Waals surface area contributed by atoms with Crippen molar-refractivity contribution < 1.29 is 4.79 Å². The van der Waals surface area contributed by atoms with Crippen molar-refractivity contribution in [3.05, 3.63) is 89.6 Å². The van der Waals surface area contributed by atoms with Gasteiger partial charge in [-0.25, -0.2) is 0 Å². The first-order valence-corrected chi connectivity index (χ1v) is 12.0. The monoisotopic (exact) mass is 463 g/mol. The van der Waals surface area contributed by atoms with Crippen molar-refractivity contribution in [2.24, 2.45) is 10.1 Å². The first-order valence-electron chi connectivity index (χ1n) is 11.2. The van der Waals surface area contributed by atoms with Crippen LogP contribution in [0.25, 0.3) is 27.8 Å². The molecule has 0 atom stereocenters. The summed E-state index contributed by atoms with van der Waals surface area (Å²) < 4.78 is 2.20. The molecule has 0 fully saturated rings. The average Bonchev–Trinajstić information content (AvgIpc) is 3.43. The number of rotatable bonds is 4. The van der Waals surface area contributed by atoms with E-state index >= 15 is 0 Å². The second-order valence-corrected chi connectivity index (χ2v) is 9.28. The molecule has 34 heavy (non-hydrogen) atoms. The Bertz CT molecular complexity index is 1590. The Morgan fingerprint density at radius 1 is 1.00 bits per heavy atom. The number of hydrazone groups is 1. The Hall–Kier alpha value is -3.97. The van der Waals surface area contributed by atoms with E-state index in [1.807, 2.05) is 25.1 Å². The molecule has 0 aliphatic carbocycles. The highest BCUT2D eigenvalue weighted by molar-refractivity contribution is 8.26. The molecule has 1 N–H and O–H groups in total. The minimum Gasteiger partial charge on any atom is -0.342 e. The fourth-order valence-electron chi connectivity index (χ4n) is 4.47. The summed E-state index contributed by atoms with van der Waals surface area (Å²) >= 11 is 1.35. The van der Waals surface area contributed by atoms with Crippen LogP contribution in [0.15, 0.2) is 88.6 Å². The van der Waals surface area contributed by atoms with Gasteiger partial charge in [0.25, 0.3) is 5.91 Å². The van der Waals surface area contributed by atoms with Crippen molar-refractivity contribution in [2.75, 3.05) is 0 Å². The zero-order valence-electron chi connectivity index (χ0n) is 18.5. The second kappa shape index (κ2) is 8.11. The smallest absolute Gasteiger partial charge is 0.283 e. The van der Waals surface area contributed by atoms with E-state index in [1.54, 1.807) is 6.08 Å². The number of aromatic nitrogens is 1. The molecule has 0 radical (unpaired) electrons. The van der Waals surface area contributed by atoms with Crippen LogP contribution in [-0.2, 0) is 11.3 Å². The lowest BCUT2D eigenvalue weighted by molar-refractivity contribution is -0.114. The number of thioether (sulfide) groups is 1. The molecule has 0 saturated carbocycles. The Morgan fingerprint density at radius 3 is 2.62 bits per heavy atom. The molecule has 0 spiro atoms. The van der Waals surface area contributed by atoms with Gasteiger partial charge >= 0.3 is 0 Å². The van der Waals surface area contributed by atoms with Crippen LogP contribution in [0.3, 0.4) is 0 Å². The number of benzene rings is 3. The van der Waals surface area contributed by atoms with Crippen LogP contribution in [0.1, 0.15) is 24.5 Å². The van der Waals surface area contributed by atoms with Crippen molar-refractivity contribution in [1.29, 1.82) is 5.41 Å². The predicted molar refractivity (Wildman–Crippen MR) is 140 cm³/mol. The molecule has 0 unspecified atom stereocenters. The first-order chi connectivity index (χ1) is 16.6. The van der Waals surface area contributed by atoms with Gasteiger partial charge in [0.2, 0.25) is 5.17 Å². The Morgan fingerprint density at radius 2 is 1.76 bits per heavy atom. The molecular formula is C27H21N5OS. The van der Waals surface area contributed by atoms with Gasteiger partial charge in [-0.3, -0.25) is 10.2 Å². The van der Waals surface area contributed by atoms with Gasteiger partial charge in [-0.15, -0.1) is 0 Å². The maximum Gasteiger partial charge on any atom is 0.283 e. The highest BCUT2D eigenvalue weighted by atomic mass is 32.2. The molecule has 6 rings (SSSR count). The van der Waals surface area contributed by atoms with Gasteiger partial charge in [-0.05, 0) is 46.7 Å². The number of carbonyl (C=O) groups excluding carboxylic acids is 1. The molecule has 2 aliphatic heterocycles. The molecule has 0 saturated heterocycles. The van der Waals surface area contributed by atoms with Crippen molar-refractivity contribution in [3.8, 4) is 0 Å². The van der Waals surface area contributed by atoms with E-state index in [2.05, 4.69) is 69.4 Å². The van der Waals surface area contributed by atoms with Crippen LogP contribution in [0.5, 0.6) is 0 Å². The van der Waals surface area contributed by atoms with Crippen LogP contribution in [-0.4, -0.2) is 31.5 Å². The molecule has 6 nitrogen and oxygen atoms in total. The molecule has 0 bridgehead atoms. The summed E-state index contributed by atoms with van der Waals surface area (Å²) in [6.45, 7) is 2.70. The number of amides is 1. The van der Waals surface area contributed by atoms with Crippen molar-refractivity contribution >= 4 is 61.5 Å². The number of fused-ring (bicyclic) bond motifs is 3. The number of carbonyl (C=O) groups is 1. The number of nitrogens with zero attached hydrogens (tertiary/aromatic N) is 4. The van der Waals surface area contributed by atoms with E-state index in [9.17, 15) is 4.79 Å². The minimum atomic E-state index is -0.401. The second-order valence-electron chi connectivity index (χ2n) is 8.24. The predicted octanol–water partition coefficient (Wildman–Crippen LogP) is 5.87. The number of amidine groups is 2. The number of nitrogens with one attached hydrogen (secondary N) is 1. The van der Waals surface area contributed by atoms with Crippen LogP contribution in [0, 0.1) is 5.41 Å². The van der Waals surface area contributed by atoms with Gasteiger partial charge < -0.3 is 4.57 Å². The molecule has 4 aromatic rings. The van der Waals surface area contributed by atoms with Gasteiger partial charge in [0.05, 0.1) is 5.57 Å². The summed E-state index contributed by atoms with van der Waals surface area (Å²) in [5.74, 6) is -0.334. The van der Waals surface area contributed by atoms with E-state index in [4.69, 9.17) is 5.41 Å². The van der Waals surface area contributed by atoms with E-state index < -0.39 is 5.91 Å². The third-order valence-electron chi connectivity index (χ3n) is 6.14. The van der Waals surface area contributed by atoms with E-state index in [-0.39, 0.29) is 11.4 Å². The summed E-state index contributed by atoms with van der Waals surface area (Å²) in [5.41, 5.74) is 3.43. The molecule has 166 valence electrons. The first kappa shape index (κ1) is 20.6. The van der Waals surface area contributed by atoms with E-state index in [0.29, 0.717) is 11.7 Å². The SMILES string of the molecule is CCC1=NN2C(=N)C(=Cc3cn(Cc4cccc5ccccc45)c4ccccc34)C(=O)N=C2S1. The lowest BCUT2D eigenvalue weighted by atomic mass is 10.0. The van der Waals surface area contributed by atoms with Gasteiger partial charge in [-0.2, -0.15) is 15.1 Å². The van der Waals surface area contributed by atoms with Crippen LogP contribution in [0.2, 0.25) is 0 Å². The zero-order valence-corrected chi connectivity index (χ0v) is 19.3. The maximum absolute atomic E-state index is 12.8. The lowest BCUT2D eigenvalue weighted by Gasteiger charge is -2.20. The highest BCUT2D eigenvalue weighted by Crippen LogP contribution is 2.31. The van der Waals surface area contributed by atoms with Crippen molar-refractivity contribution in [1.82, 2.24) is 9.58 Å². The quantitative estimate of drug-likeness (QED) is 0.385. The Kier molecular flexibility index (Phi) is 4.92. The van der Waals surface area contributed by atoms with Gasteiger partial charge in [-0.1, -0.05) is 67.6 Å². The summed E-state index contributed by atoms with van der Waals surface area (Å²) in [7, 11) is 0. The molecule has 3 heterocycles. The Labute approximate surface area is 200 Å². The van der Waals surface area contributed by atoms with Crippen LogP contribution in [0.4, 0.5) is 0 Å². The summed E-state index contributed by atoms with van der Waals surface area (Å²) in [6, 6.07) is 22.9. The number of para-hydroxylation sites is 1. The summed E-state index contributed by atoms with van der Waals surface area (Å²) in [4.78, 5) is 17.0. The third-order valence-corrected chi connectivity index (χ3v) is 7.19. The maximum atomic E-state index is 12.8. The van der Waals surface area contributed by atoms with Gasteiger partial charge in [0, 0.05) is 29.2 Å². The fourth-order valence-corrected chi connectivity index (χ4v) is 5.29. The third kappa shape index (κ3) is 3.36. The Balaban J connectivity index is 1.43. The summed E-state index contributed by atoms with van der Waals surface area (Å²) in [5, 5.41) is 19.3. The normalized spacial score (nSPS) is 17.0. The van der Waals surface area contributed by atoms with Crippen molar-refractivity contribution in [3.63, 3.8) is 0 Å². The van der Waals surface area contributed by atoms with Crippen LogP contribution < -0.4 is 0 Å². The molecule has 1 amide bonds. The highest BCUT2D eigenvalue weighted by Gasteiger charge is 2.35. The number of aliphatic imine (C=N–C) groups is 1. The summed E-state index contributed by atoms with van der Waals surface area (Å²) in [6.07, 6.45) is 4.57. The number of hydrogen-bond acceptors (Lipinski definition) is 4. The lowest BCUT2D eigenvalue weighted by Crippen LogP contribution is -2.35. The topological polar surface area (TPSA) is 73.8 Å². The van der Waals surface area contributed by atoms with Crippen molar-refractivity contribution in [2.45, 2.75) is 19.9 Å². The largest absolute Gasteiger partial charge is 0.342 e. The van der Waals surface area contributed by atoms with E-state index in [1.165, 1.54) is 33.1 Å². The minimum absolute atomic E-state index is 0.0665. The van der Waals surface area contributed by atoms with E-state index in [0.717, 1.165) is 27.9 Å². The van der Waals surface area contributed by atoms with Crippen LogP contribution >= 0.6 is 11.8 Å². The fraction of sp³-hybridized carbons (Fsp3) is 0.111. The molecule has 2 aliphatic rings.